The molecule has 0 aromatic heterocycles. The highest BCUT2D eigenvalue weighted by atomic mass is 16.1. The van der Waals surface area contributed by atoms with Crippen LogP contribution in [0, 0.1) is 0 Å². The lowest BCUT2D eigenvalue weighted by Crippen LogP contribution is -2.12. The number of carbonyl (C=O) groups is 1. The second-order valence-electron chi connectivity index (χ2n) is 2.95. The molecule has 0 atom stereocenters. The largest absolute Gasteiger partial charge is 0.378 e. The van der Waals surface area contributed by atoms with Gasteiger partial charge in [0.25, 0.3) is 0 Å². The average molecular weight is 182 g/mol. The standard InChI is InChI=1S/C6H11N.C4H7NO/c1-2-7-5-3-4-6-7;1-3(2)4(5)6/h3,5H,2,4,6H2,1H3;1H2,2H3,(H2,5,6). The molecule has 2 N–H and O–H groups in total. The fraction of sp³-hybridized carbons (Fsp3) is 0.500. The predicted molar refractivity (Wildman–Crippen MR) is 55.0 cm³/mol. The molecule has 0 aromatic rings. The molecule has 0 aromatic carbocycles. The molecule has 0 aliphatic carbocycles. The van der Waals surface area contributed by atoms with E-state index in [4.69, 9.17) is 5.73 Å². The van der Waals surface area contributed by atoms with Crippen LogP contribution < -0.4 is 5.73 Å². The molecule has 3 heteroatoms. The Morgan fingerprint density at radius 2 is 2.23 bits per heavy atom. The second-order valence-corrected chi connectivity index (χ2v) is 2.95. The second kappa shape index (κ2) is 6.29. The van der Waals surface area contributed by atoms with Crippen molar-refractivity contribution in [1.82, 2.24) is 4.90 Å². The Morgan fingerprint density at radius 1 is 1.69 bits per heavy atom. The molecule has 1 aliphatic heterocycles. The maximum Gasteiger partial charge on any atom is 0.243 e. The van der Waals surface area contributed by atoms with Crippen molar-refractivity contribution in [3.8, 4) is 0 Å². The van der Waals surface area contributed by atoms with Gasteiger partial charge in [0.15, 0.2) is 0 Å². The Labute approximate surface area is 79.9 Å². The van der Waals surface area contributed by atoms with E-state index in [0.717, 1.165) is 6.54 Å². The van der Waals surface area contributed by atoms with Gasteiger partial charge in [-0.05, 0) is 26.5 Å². The smallest absolute Gasteiger partial charge is 0.243 e. The van der Waals surface area contributed by atoms with Crippen molar-refractivity contribution in [2.24, 2.45) is 5.73 Å². The van der Waals surface area contributed by atoms with Gasteiger partial charge < -0.3 is 10.6 Å². The van der Waals surface area contributed by atoms with Gasteiger partial charge in [-0.1, -0.05) is 12.7 Å². The van der Waals surface area contributed by atoms with Gasteiger partial charge in [-0.2, -0.15) is 0 Å². The normalized spacial score (nSPS) is 13.5. The summed E-state index contributed by atoms with van der Waals surface area (Å²) in [5.41, 5.74) is 5.09. The maximum atomic E-state index is 9.82. The monoisotopic (exact) mass is 182 g/mol. The molecule has 1 rings (SSSR count). The number of nitrogens with two attached hydrogens (primary N) is 1. The highest BCUT2D eigenvalue weighted by Gasteiger charge is 1.97. The Kier molecular flexibility index (Phi) is 5.68. The van der Waals surface area contributed by atoms with E-state index in [2.05, 4.69) is 30.7 Å². The van der Waals surface area contributed by atoms with Gasteiger partial charge in [0.2, 0.25) is 5.91 Å². The summed E-state index contributed by atoms with van der Waals surface area (Å²) in [5, 5.41) is 0. The number of hydrogen-bond donors (Lipinski definition) is 1. The van der Waals surface area contributed by atoms with Gasteiger partial charge in [-0.3, -0.25) is 4.79 Å². The first-order valence-electron chi connectivity index (χ1n) is 4.44. The number of nitrogens with zero attached hydrogens (tertiary/aromatic N) is 1. The van der Waals surface area contributed by atoms with Crippen molar-refractivity contribution in [2.75, 3.05) is 13.1 Å². The fourth-order valence-electron chi connectivity index (χ4n) is 0.802. The summed E-state index contributed by atoms with van der Waals surface area (Å²) < 4.78 is 0. The van der Waals surface area contributed by atoms with E-state index in [-0.39, 0.29) is 0 Å². The molecule has 1 aliphatic rings. The number of rotatable bonds is 2. The summed E-state index contributed by atoms with van der Waals surface area (Å²) in [6, 6.07) is 0. The number of primary amides is 1. The summed E-state index contributed by atoms with van der Waals surface area (Å²) in [6.07, 6.45) is 5.62. The zero-order chi connectivity index (χ0) is 10.3. The van der Waals surface area contributed by atoms with Crippen LogP contribution in [0.25, 0.3) is 0 Å². The van der Waals surface area contributed by atoms with E-state index in [0.29, 0.717) is 5.57 Å². The molecule has 0 bridgehead atoms. The number of amides is 1. The van der Waals surface area contributed by atoms with Crippen molar-refractivity contribution in [3.63, 3.8) is 0 Å². The van der Waals surface area contributed by atoms with Crippen molar-refractivity contribution in [1.29, 1.82) is 0 Å². The van der Waals surface area contributed by atoms with Crippen LogP contribution in [-0.2, 0) is 4.79 Å². The lowest BCUT2D eigenvalue weighted by Gasteiger charge is -2.09. The quantitative estimate of drug-likeness (QED) is 0.654. The minimum Gasteiger partial charge on any atom is -0.378 e. The van der Waals surface area contributed by atoms with Crippen molar-refractivity contribution < 1.29 is 4.79 Å². The van der Waals surface area contributed by atoms with Crippen LogP contribution in [0.4, 0.5) is 0 Å². The predicted octanol–water partition coefficient (Wildman–Crippen LogP) is 1.27. The van der Waals surface area contributed by atoms with Crippen LogP contribution in [0.2, 0.25) is 0 Å². The molecule has 0 unspecified atom stereocenters. The van der Waals surface area contributed by atoms with E-state index in [1.165, 1.54) is 13.0 Å². The van der Waals surface area contributed by atoms with E-state index >= 15 is 0 Å². The molecule has 1 amide bonds. The van der Waals surface area contributed by atoms with Crippen LogP contribution in [0.5, 0.6) is 0 Å². The zero-order valence-corrected chi connectivity index (χ0v) is 8.42. The van der Waals surface area contributed by atoms with Crippen LogP contribution in [-0.4, -0.2) is 23.9 Å². The van der Waals surface area contributed by atoms with Gasteiger partial charge >= 0.3 is 0 Å². The van der Waals surface area contributed by atoms with Crippen LogP contribution >= 0.6 is 0 Å². The Morgan fingerprint density at radius 3 is 2.38 bits per heavy atom. The van der Waals surface area contributed by atoms with E-state index in [1.54, 1.807) is 6.92 Å². The lowest BCUT2D eigenvalue weighted by atomic mass is 10.3. The molecule has 1 heterocycles. The molecule has 0 saturated carbocycles. The summed E-state index contributed by atoms with van der Waals surface area (Å²) in [7, 11) is 0. The Balaban J connectivity index is 0.000000226. The Hall–Kier alpha value is -1.25. The zero-order valence-electron chi connectivity index (χ0n) is 8.42. The minimum atomic E-state index is -0.435. The summed E-state index contributed by atoms with van der Waals surface area (Å²) >= 11 is 0. The third kappa shape index (κ3) is 5.96. The van der Waals surface area contributed by atoms with Crippen LogP contribution in [0.1, 0.15) is 20.3 Å². The van der Waals surface area contributed by atoms with E-state index in [9.17, 15) is 4.79 Å². The fourth-order valence-corrected chi connectivity index (χ4v) is 0.802. The molecular formula is C10H18N2O. The average Bonchev–Trinajstić information content (AvgIpc) is 2.56. The summed E-state index contributed by atoms with van der Waals surface area (Å²) in [4.78, 5) is 12.1. The molecule has 13 heavy (non-hydrogen) atoms. The number of hydrogen-bond acceptors (Lipinski definition) is 2. The van der Waals surface area contributed by atoms with Crippen LogP contribution in [0.3, 0.4) is 0 Å². The molecule has 0 radical (unpaired) electrons. The van der Waals surface area contributed by atoms with Crippen molar-refractivity contribution in [2.45, 2.75) is 20.3 Å². The third-order valence-corrected chi connectivity index (χ3v) is 1.73. The molecular weight excluding hydrogens is 164 g/mol. The molecule has 0 fully saturated rings. The minimum absolute atomic E-state index is 0.398. The highest BCUT2D eigenvalue weighted by molar-refractivity contribution is 5.90. The SMILES string of the molecule is C=C(C)C(N)=O.CCN1C=CCC1. The first-order valence-corrected chi connectivity index (χ1v) is 4.44. The summed E-state index contributed by atoms with van der Waals surface area (Å²) in [6.45, 7) is 9.42. The van der Waals surface area contributed by atoms with Gasteiger partial charge in [-0.15, -0.1) is 0 Å². The first kappa shape index (κ1) is 11.8. The Bertz CT molecular complexity index is 197. The van der Waals surface area contributed by atoms with Gasteiger partial charge in [0, 0.05) is 18.7 Å². The lowest BCUT2D eigenvalue weighted by molar-refractivity contribution is -0.114. The molecule has 3 nitrogen and oxygen atoms in total. The molecule has 74 valence electrons. The van der Waals surface area contributed by atoms with Gasteiger partial charge in [0.05, 0.1) is 0 Å². The van der Waals surface area contributed by atoms with Crippen molar-refractivity contribution >= 4 is 5.91 Å². The van der Waals surface area contributed by atoms with E-state index in [1.807, 2.05) is 0 Å². The van der Waals surface area contributed by atoms with Gasteiger partial charge in [0.1, 0.15) is 0 Å². The highest BCUT2D eigenvalue weighted by Crippen LogP contribution is 2.00. The first-order chi connectivity index (χ1) is 6.07. The van der Waals surface area contributed by atoms with Crippen molar-refractivity contribution in [3.05, 3.63) is 24.4 Å². The van der Waals surface area contributed by atoms with Gasteiger partial charge in [-0.25, -0.2) is 0 Å². The maximum absolute atomic E-state index is 9.82. The van der Waals surface area contributed by atoms with Crippen LogP contribution in [0.15, 0.2) is 24.4 Å². The molecule has 0 spiro atoms. The van der Waals surface area contributed by atoms with E-state index < -0.39 is 5.91 Å². The summed E-state index contributed by atoms with van der Waals surface area (Å²) in [5.74, 6) is -0.435. The third-order valence-electron chi connectivity index (χ3n) is 1.73. The topological polar surface area (TPSA) is 46.3 Å². The number of carbonyl (C=O) groups excluding carboxylic acids is 1. The molecule has 0 saturated heterocycles.